The first-order valence-electron chi connectivity index (χ1n) is 8.55. The second-order valence-corrected chi connectivity index (χ2v) is 6.88. The molecule has 0 aliphatic carbocycles. The van der Waals surface area contributed by atoms with Crippen molar-refractivity contribution in [1.29, 1.82) is 0 Å². The summed E-state index contributed by atoms with van der Waals surface area (Å²) in [5.41, 5.74) is 0. The number of alkyl halides is 1. The fourth-order valence-corrected chi connectivity index (χ4v) is 2.86. The highest BCUT2D eigenvalue weighted by molar-refractivity contribution is 6.17. The number of halogens is 1. The molecule has 4 nitrogen and oxygen atoms in total. The first kappa shape index (κ1) is 19.3. The van der Waals surface area contributed by atoms with Crippen LogP contribution in [-0.4, -0.2) is 42.4 Å². The van der Waals surface area contributed by atoms with Crippen LogP contribution in [0, 0.1) is 11.8 Å². The number of likely N-dealkylation sites (tertiary alicyclic amines) is 1. The molecule has 0 spiro atoms. The molecular weight excluding hydrogens is 302 g/mol. The van der Waals surface area contributed by atoms with Crippen molar-refractivity contribution in [2.45, 2.75) is 58.8 Å². The van der Waals surface area contributed by atoms with Crippen LogP contribution in [0.4, 0.5) is 0 Å². The molecule has 0 aromatic rings. The fraction of sp³-hybridized carbons (Fsp3) is 0.882. The van der Waals surface area contributed by atoms with E-state index in [4.69, 9.17) is 16.3 Å². The van der Waals surface area contributed by atoms with Gasteiger partial charge in [-0.2, -0.15) is 0 Å². The first-order chi connectivity index (χ1) is 10.5. The Morgan fingerprint density at radius 1 is 1.18 bits per heavy atom. The molecule has 1 fully saturated rings. The van der Waals surface area contributed by atoms with Crippen LogP contribution >= 0.6 is 11.6 Å². The van der Waals surface area contributed by atoms with Crippen molar-refractivity contribution < 1.29 is 14.3 Å². The first-order valence-corrected chi connectivity index (χ1v) is 9.08. The molecule has 0 unspecified atom stereocenters. The molecule has 0 radical (unpaired) electrons. The number of hydrogen-bond donors (Lipinski definition) is 0. The Morgan fingerprint density at radius 3 is 2.45 bits per heavy atom. The van der Waals surface area contributed by atoms with E-state index in [0.29, 0.717) is 37.9 Å². The lowest BCUT2D eigenvalue weighted by Gasteiger charge is -2.31. The minimum atomic E-state index is -0.0852. The predicted molar refractivity (Wildman–Crippen MR) is 88.9 cm³/mol. The van der Waals surface area contributed by atoms with E-state index >= 15 is 0 Å². The lowest BCUT2D eigenvalue weighted by atomic mass is 9.96. The topological polar surface area (TPSA) is 46.6 Å². The zero-order valence-corrected chi connectivity index (χ0v) is 14.7. The lowest BCUT2D eigenvalue weighted by Crippen LogP contribution is -2.40. The fourth-order valence-electron chi connectivity index (χ4n) is 2.68. The minimum Gasteiger partial charge on any atom is -0.465 e. The van der Waals surface area contributed by atoms with Crippen molar-refractivity contribution in [3.8, 4) is 0 Å². The van der Waals surface area contributed by atoms with E-state index in [0.717, 1.165) is 38.5 Å². The maximum Gasteiger partial charge on any atom is 0.309 e. The molecule has 0 bridgehead atoms. The third-order valence-corrected chi connectivity index (χ3v) is 4.39. The maximum absolute atomic E-state index is 12.0. The van der Waals surface area contributed by atoms with E-state index in [1.165, 1.54) is 0 Å². The summed E-state index contributed by atoms with van der Waals surface area (Å²) in [6, 6.07) is 0. The van der Waals surface area contributed by atoms with Crippen molar-refractivity contribution in [3.05, 3.63) is 0 Å². The molecule has 0 N–H and O–H groups in total. The van der Waals surface area contributed by atoms with Crippen LogP contribution in [0.25, 0.3) is 0 Å². The van der Waals surface area contributed by atoms with Gasteiger partial charge >= 0.3 is 5.97 Å². The maximum atomic E-state index is 12.0. The van der Waals surface area contributed by atoms with Crippen LogP contribution in [0.15, 0.2) is 0 Å². The quantitative estimate of drug-likeness (QED) is 0.368. The zero-order chi connectivity index (χ0) is 16.4. The number of ether oxygens (including phenoxy) is 1. The Morgan fingerprint density at radius 2 is 1.86 bits per heavy atom. The Bertz CT molecular complexity index is 339. The summed E-state index contributed by atoms with van der Waals surface area (Å²) >= 11 is 5.62. The van der Waals surface area contributed by atoms with Gasteiger partial charge < -0.3 is 9.64 Å². The SMILES string of the molecule is CC(C)CCCOC(=O)C1CCN(C(=O)CCCCCl)CC1. The molecule has 1 aliphatic rings. The number of rotatable bonds is 9. The second kappa shape index (κ2) is 10.9. The molecule has 1 amide bonds. The minimum absolute atomic E-state index is 0.0362. The molecule has 0 atom stereocenters. The Labute approximate surface area is 139 Å². The van der Waals surface area contributed by atoms with Crippen molar-refractivity contribution in [1.82, 2.24) is 4.90 Å². The molecule has 0 saturated carbocycles. The Hall–Kier alpha value is -0.770. The summed E-state index contributed by atoms with van der Waals surface area (Å²) in [6.45, 7) is 6.20. The van der Waals surface area contributed by atoms with Crippen LogP contribution in [0.2, 0.25) is 0 Å². The van der Waals surface area contributed by atoms with Crippen molar-refractivity contribution in [2.24, 2.45) is 11.8 Å². The van der Waals surface area contributed by atoms with E-state index < -0.39 is 0 Å². The smallest absolute Gasteiger partial charge is 0.309 e. The van der Waals surface area contributed by atoms with Gasteiger partial charge in [-0.3, -0.25) is 9.59 Å². The van der Waals surface area contributed by atoms with E-state index in [9.17, 15) is 9.59 Å². The van der Waals surface area contributed by atoms with Gasteiger partial charge in [0.2, 0.25) is 5.91 Å². The standard InChI is InChI=1S/C17H30ClNO3/c1-14(2)6-5-13-22-17(21)15-8-11-19(12-9-15)16(20)7-3-4-10-18/h14-15H,3-13H2,1-2H3. The van der Waals surface area contributed by atoms with Gasteiger partial charge in [-0.25, -0.2) is 0 Å². The molecule has 1 heterocycles. The number of nitrogens with zero attached hydrogens (tertiary/aromatic N) is 1. The van der Waals surface area contributed by atoms with Crippen LogP contribution in [0.3, 0.4) is 0 Å². The largest absolute Gasteiger partial charge is 0.465 e. The number of esters is 1. The van der Waals surface area contributed by atoms with Gasteiger partial charge in [0, 0.05) is 25.4 Å². The average molecular weight is 332 g/mol. The predicted octanol–water partition coefficient (Wildman–Crippen LogP) is 3.61. The number of unbranched alkanes of at least 4 members (excludes halogenated alkanes) is 1. The molecule has 0 aromatic carbocycles. The molecule has 1 rings (SSSR count). The summed E-state index contributed by atoms with van der Waals surface area (Å²) in [4.78, 5) is 25.9. The monoisotopic (exact) mass is 331 g/mol. The normalized spacial score (nSPS) is 16.1. The summed E-state index contributed by atoms with van der Waals surface area (Å²) in [7, 11) is 0. The Kier molecular flexibility index (Phi) is 9.53. The van der Waals surface area contributed by atoms with Crippen LogP contribution in [0.1, 0.15) is 58.8 Å². The van der Waals surface area contributed by atoms with Gasteiger partial charge in [0.15, 0.2) is 0 Å². The molecule has 1 saturated heterocycles. The summed E-state index contributed by atoms with van der Waals surface area (Å²) in [6.07, 6.45) is 5.77. The molecule has 5 heteroatoms. The molecule has 1 aliphatic heterocycles. The third kappa shape index (κ3) is 7.48. The van der Waals surface area contributed by atoms with Gasteiger partial charge in [0.25, 0.3) is 0 Å². The van der Waals surface area contributed by atoms with Gasteiger partial charge in [0.1, 0.15) is 0 Å². The molecule has 0 aromatic heterocycles. The number of piperidine rings is 1. The average Bonchev–Trinajstić information content (AvgIpc) is 2.51. The number of hydrogen-bond acceptors (Lipinski definition) is 3. The molecular formula is C17H30ClNO3. The summed E-state index contributed by atoms with van der Waals surface area (Å²) in [5.74, 6) is 1.32. The molecule has 128 valence electrons. The van der Waals surface area contributed by atoms with Crippen molar-refractivity contribution >= 4 is 23.5 Å². The van der Waals surface area contributed by atoms with Gasteiger partial charge in [-0.05, 0) is 44.4 Å². The summed E-state index contributed by atoms with van der Waals surface area (Å²) < 4.78 is 5.35. The van der Waals surface area contributed by atoms with Crippen LogP contribution < -0.4 is 0 Å². The summed E-state index contributed by atoms with van der Waals surface area (Å²) in [5, 5.41) is 0. The number of carbonyl (C=O) groups is 2. The highest BCUT2D eigenvalue weighted by Gasteiger charge is 2.27. The van der Waals surface area contributed by atoms with E-state index in [1.807, 2.05) is 4.90 Å². The zero-order valence-electron chi connectivity index (χ0n) is 14.0. The van der Waals surface area contributed by atoms with Crippen molar-refractivity contribution in [2.75, 3.05) is 25.6 Å². The second-order valence-electron chi connectivity index (χ2n) is 6.50. The van der Waals surface area contributed by atoms with Crippen molar-refractivity contribution in [3.63, 3.8) is 0 Å². The van der Waals surface area contributed by atoms with E-state index in [1.54, 1.807) is 0 Å². The highest BCUT2D eigenvalue weighted by Crippen LogP contribution is 2.20. The van der Waals surface area contributed by atoms with E-state index in [-0.39, 0.29) is 17.8 Å². The van der Waals surface area contributed by atoms with Gasteiger partial charge in [0.05, 0.1) is 12.5 Å². The number of amides is 1. The van der Waals surface area contributed by atoms with Gasteiger partial charge in [-0.15, -0.1) is 11.6 Å². The van der Waals surface area contributed by atoms with Gasteiger partial charge in [-0.1, -0.05) is 13.8 Å². The van der Waals surface area contributed by atoms with Crippen LogP contribution in [0.5, 0.6) is 0 Å². The van der Waals surface area contributed by atoms with Crippen LogP contribution in [-0.2, 0) is 14.3 Å². The number of carbonyl (C=O) groups excluding carboxylic acids is 2. The molecule has 22 heavy (non-hydrogen) atoms. The third-order valence-electron chi connectivity index (χ3n) is 4.13. The highest BCUT2D eigenvalue weighted by atomic mass is 35.5. The lowest BCUT2D eigenvalue weighted by molar-refractivity contribution is -0.151. The Balaban J connectivity index is 2.18. The van der Waals surface area contributed by atoms with E-state index in [2.05, 4.69) is 13.8 Å².